The van der Waals surface area contributed by atoms with Crippen LogP contribution in [0.1, 0.15) is 11.1 Å². The third-order valence-electron chi connectivity index (χ3n) is 5.90. The number of aromatic nitrogens is 3. The van der Waals surface area contributed by atoms with Gasteiger partial charge in [-0.15, -0.1) is 6.42 Å². The van der Waals surface area contributed by atoms with E-state index >= 15 is 4.39 Å². The zero-order valence-corrected chi connectivity index (χ0v) is 18.0. The maximum atomic E-state index is 15.3. The molecule has 1 saturated heterocycles. The number of hydrogen-bond acceptors (Lipinski definition) is 4. The fourth-order valence-electron chi connectivity index (χ4n) is 4.28. The molecule has 3 heterocycles. The summed E-state index contributed by atoms with van der Waals surface area (Å²) in [5.74, 6) is 2.45. The van der Waals surface area contributed by atoms with Crippen LogP contribution in [0.2, 0.25) is 0 Å². The van der Waals surface area contributed by atoms with E-state index in [0.717, 1.165) is 11.1 Å². The first-order valence-electron chi connectivity index (χ1n) is 10.4. The van der Waals surface area contributed by atoms with E-state index in [0.29, 0.717) is 53.3 Å². The van der Waals surface area contributed by atoms with Crippen LogP contribution in [-0.4, -0.2) is 38.6 Å². The van der Waals surface area contributed by atoms with Gasteiger partial charge in [0.25, 0.3) is 0 Å². The number of anilines is 2. The van der Waals surface area contributed by atoms with Gasteiger partial charge < -0.3 is 15.2 Å². The van der Waals surface area contributed by atoms with Crippen LogP contribution in [0.15, 0.2) is 55.0 Å². The highest BCUT2D eigenvalue weighted by Gasteiger charge is 2.30. The van der Waals surface area contributed by atoms with Crippen LogP contribution >= 0.6 is 0 Å². The number of hydrogen-bond donors (Lipinski definition) is 1. The highest BCUT2D eigenvalue weighted by Crippen LogP contribution is 2.35. The summed E-state index contributed by atoms with van der Waals surface area (Å²) in [7, 11) is 1.82. The lowest BCUT2D eigenvalue weighted by molar-refractivity contribution is 0.219. The topological polar surface area (TPSA) is 80.3 Å². The van der Waals surface area contributed by atoms with E-state index in [1.807, 2.05) is 31.3 Å². The Morgan fingerprint density at radius 2 is 2.00 bits per heavy atom. The number of fused-ring (bicyclic) bond motifs is 1. The van der Waals surface area contributed by atoms with Gasteiger partial charge in [-0.2, -0.15) is 0 Å². The van der Waals surface area contributed by atoms with Crippen LogP contribution in [0.5, 0.6) is 0 Å². The van der Waals surface area contributed by atoms with Gasteiger partial charge in [0.1, 0.15) is 23.6 Å². The number of halogens is 1. The summed E-state index contributed by atoms with van der Waals surface area (Å²) in [5, 5.41) is 0.601. The Labute approximate surface area is 190 Å². The number of nitrogens with two attached hydrogens (primary N) is 1. The molecule has 33 heavy (non-hydrogen) atoms. The van der Waals surface area contributed by atoms with Gasteiger partial charge in [-0.3, -0.25) is 4.90 Å². The molecule has 0 aliphatic carbocycles. The maximum Gasteiger partial charge on any atom is 0.324 e. The van der Waals surface area contributed by atoms with Crippen molar-refractivity contribution in [1.82, 2.24) is 19.4 Å². The first-order chi connectivity index (χ1) is 16.0. The van der Waals surface area contributed by atoms with E-state index in [4.69, 9.17) is 12.2 Å². The molecule has 2 amide bonds. The van der Waals surface area contributed by atoms with Crippen molar-refractivity contribution < 1.29 is 9.18 Å². The molecular formula is C25H21FN6O. The molecule has 0 saturated carbocycles. The standard InChI is InChI=1S/C25H21FN6O/c1-3-16-5-4-6-17(11-16)13-31-9-10-32(25(31)33)18-7-8-19(21(26)12-18)20-14-30(2)24-22(20)23(27)28-15-29-24/h1,4-8,11-12,14-15H,9-10,13H2,2H3,(H2,27,28,29). The molecule has 0 spiro atoms. The Balaban J connectivity index is 1.41. The molecule has 0 radical (unpaired) electrons. The van der Waals surface area contributed by atoms with Gasteiger partial charge in [0.2, 0.25) is 0 Å². The van der Waals surface area contributed by atoms with Gasteiger partial charge in [-0.05, 0) is 35.9 Å². The second kappa shape index (κ2) is 7.95. The minimum absolute atomic E-state index is 0.170. The second-order valence-corrected chi connectivity index (χ2v) is 7.98. The predicted octanol–water partition coefficient (Wildman–Crippen LogP) is 3.78. The molecule has 0 unspecified atom stereocenters. The van der Waals surface area contributed by atoms with Crippen LogP contribution < -0.4 is 10.6 Å². The average Bonchev–Trinajstić information content (AvgIpc) is 3.34. The van der Waals surface area contributed by atoms with Gasteiger partial charge in [0, 0.05) is 55.3 Å². The third-order valence-corrected chi connectivity index (χ3v) is 5.90. The van der Waals surface area contributed by atoms with Crippen LogP contribution in [0.4, 0.5) is 20.7 Å². The van der Waals surface area contributed by atoms with Crippen molar-refractivity contribution >= 4 is 28.6 Å². The molecule has 2 N–H and O–H groups in total. The van der Waals surface area contributed by atoms with Crippen molar-refractivity contribution in [3.63, 3.8) is 0 Å². The van der Waals surface area contributed by atoms with Crippen molar-refractivity contribution in [3.05, 3.63) is 71.9 Å². The number of nitrogens with zero attached hydrogens (tertiary/aromatic N) is 5. The molecule has 4 aromatic rings. The largest absolute Gasteiger partial charge is 0.383 e. The van der Waals surface area contributed by atoms with Crippen LogP contribution in [0, 0.1) is 18.2 Å². The van der Waals surface area contributed by atoms with Crippen LogP contribution in [0.3, 0.4) is 0 Å². The Bertz CT molecular complexity index is 1440. The van der Waals surface area contributed by atoms with E-state index in [1.165, 1.54) is 12.4 Å². The van der Waals surface area contributed by atoms with Gasteiger partial charge in [0.05, 0.1) is 5.39 Å². The van der Waals surface area contributed by atoms with Gasteiger partial charge >= 0.3 is 6.03 Å². The van der Waals surface area contributed by atoms with E-state index in [1.54, 1.807) is 32.7 Å². The molecule has 8 heteroatoms. The number of urea groups is 1. The molecule has 7 nitrogen and oxygen atoms in total. The van der Waals surface area contributed by atoms with E-state index in [-0.39, 0.29) is 6.03 Å². The summed E-state index contributed by atoms with van der Waals surface area (Å²) in [4.78, 5) is 24.6. The first-order valence-corrected chi connectivity index (χ1v) is 10.4. The third kappa shape index (κ3) is 3.53. The summed E-state index contributed by atoms with van der Waals surface area (Å²) in [6.07, 6.45) is 8.63. The lowest BCUT2D eigenvalue weighted by Crippen LogP contribution is -2.31. The SMILES string of the molecule is C#Cc1cccc(CN2CCN(c3ccc(-c4cn(C)c5ncnc(N)c45)c(F)c3)C2=O)c1. The molecular weight excluding hydrogens is 419 g/mol. The van der Waals surface area contributed by atoms with Crippen LogP contribution in [0.25, 0.3) is 22.2 Å². The molecule has 5 rings (SSSR count). The molecule has 1 aliphatic rings. The van der Waals surface area contributed by atoms with Crippen molar-refractivity contribution in [1.29, 1.82) is 0 Å². The zero-order chi connectivity index (χ0) is 23.1. The van der Waals surface area contributed by atoms with Crippen molar-refractivity contribution in [2.24, 2.45) is 7.05 Å². The summed E-state index contributed by atoms with van der Waals surface area (Å²) in [5.41, 5.74) is 9.89. The van der Waals surface area contributed by atoms with Gasteiger partial charge in [0.15, 0.2) is 0 Å². The average molecular weight is 440 g/mol. The predicted molar refractivity (Wildman–Crippen MR) is 126 cm³/mol. The van der Waals surface area contributed by atoms with E-state index < -0.39 is 5.82 Å². The molecule has 164 valence electrons. The molecule has 1 fully saturated rings. The Morgan fingerprint density at radius 1 is 1.15 bits per heavy atom. The minimum Gasteiger partial charge on any atom is -0.383 e. The zero-order valence-electron chi connectivity index (χ0n) is 18.0. The monoisotopic (exact) mass is 440 g/mol. The van der Waals surface area contributed by atoms with Gasteiger partial charge in [-0.25, -0.2) is 19.2 Å². The van der Waals surface area contributed by atoms with Crippen LogP contribution in [-0.2, 0) is 13.6 Å². The Kier molecular flexibility index (Phi) is 4.94. The molecule has 2 aromatic carbocycles. The highest BCUT2D eigenvalue weighted by molar-refractivity contribution is 6.01. The lowest BCUT2D eigenvalue weighted by Gasteiger charge is -2.19. The summed E-state index contributed by atoms with van der Waals surface area (Å²) in [6, 6.07) is 12.2. The van der Waals surface area contributed by atoms with E-state index in [2.05, 4.69) is 15.9 Å². The number of aryl methyl sites for hydroxylation is 1. The number of benzene rings is 2. The Hall–Kier alpha value is -4.38. The van der Waals surface area contributed by atoms with Crippen molar-refractivity contribution in [2.45, 2.75) is 6.54 Å². The molecule has 1 aliphatic heterocycles. The number of carbonyl (C=O) groups excluding carboxylic acids is 1. The highest BCUT2D eigenvalue weighted by atomic mass is 19.1. The van der Waals surface area contributed by atoms with Crippen molar-refractivity contribution in [2.75, 3.05) is 23.7 Å². The Morgan fingerprint density at radius 3 is 2.79 bits per heavy atom. The first kappa shape index (κ1) is 20.5. The molecule has 2 aromatic heterocycles. The minimum atomic E-state index is -0.448. The quantitative estimate of drug-likeness (QED) is 0.490. The van der Waals surface area contributed by atoms with E-state index in [9.17, 15) is 4.79 Å². The fraction of sp³-hybridized carbons (Fsp3) is 0.160. The smallest absolute Gasteiger partial charge is 0.324 e. The molecule has 0 atom stereocenters. The fourth-order valence-corrected chi connectivity index (χ4v) is 4.28. The normalized spacial score (nSPS) is 13.7. The number of rotatable bonds is 4. The lowest BCUT2D eigenvalue weighted by atomic mass is 10.0. The molecule has 0 bridgehead atoms. The van der Waals surface area contributed by atoms with Gasteiger partial charge in [-0.1, -0.05) is 18.1 Å². The summed E-state index contributed by atoms with van der Waals surface area (Å²) < 4.78 is 17.0. The number of amides is 2. The maximum absolute atomic E-state index is 15.3. The van der Waals surface area contributed by atoms with Crippen molar-refractivity contribution in [3.8, 4) is 23.5 Å². The number of carbonyl (C=O) groups is 1. The number of nitrogen functional groups attached to an aromatic ring is 1. The summed E-state index contributed by atoms with van der Waals surface area (Å²) in [6.45, 7) is 1.46. The summed E-state index contributed by atoms with van der Waals surface area (Å²) >= 11 is 0. The number of terminal acetylenes is 1. The second-order valence-electron chi connectivity index (χ2n) is 7.98.